The summed E-state index contributed by atoms with van der Waals surface area (Å²) in [7, 11) is 4.74. The van der Waals surface area contributed by atoms with E-state index in [2.05, 4.69) is 4.99 Å². The third-order valence-corrected chi connectivity index (χ3v) is 2.56. The quantitative estimate of drug-likeness (QED) is 0.601. The third kappa shape index (κ3) is 4.39. The molecule has 1 rings (SSSR count). The average molecular weight is 264 g/mol. The molecule has 0 aliphatic rings. The molecule has 0 atom stereocenters. The van der Waals surface area contributed by atoms with Crippen LogP contribution in [0.3, 0.4) is 0 Å². The molecule has 5 heteroatoms. The summed E-state index contributed by atoms with van der Waals surface area (Å²) in [5, 5.41) is 0. The van der Waals surface area contributed by atoms with Crippen molar-refractivity contribution in [2.45, 2.75) is 12.8 Å². The van der Waals surface area contributed by atoms with Gasteiger partial charge in [0.05, 0.1) is 19.4 Å². The summed E-state index contributed by atoms with van der Waals surface area (Å²) in [5.41, 5.74) is 7.01. The van der Waals surface area contributed by atoms with Crippen LogP contribution >= 0.6 is 0 Å². The number of hydrogen-bond donors (Lipinski definition) is 1. The van der Waals surface area contributed by atoms with E-state index in [9.17, 15) is 0 Å². The molecule has 0 aromatic heterocycles. The second-order valence-electron chi connectivity index (χ2n) is 3.72. The Morgan fingerprint density at radius 2 is 1.95 bits per heavy atom. The van der Waals surface area contributed by atoms with Gasteiger partial charge in [0.2, 0.25) is 0 Å². The molecule has 0 saturated carbocycles. The van der Waals surface area contributed by atoms with Crippen molar-refractivity contribution in [1.82, 2.24) is 0 Å². The predicted octanol–water partition coefficient (Wildman–Crippen LogP) is 1.73. The molecule has 0 fully saturated rings. The number of nitrogens with two attached hydrogens (primary N) is 1. The first-order valence-corrected chi connectivity index (χ1v) is 5.87. The lowest BCUT2D eigenvalue weighted by Gasteiger charge is -2.14. The standard InChI is InChI=1S/C14H20N2O3/c1-17-13-7-5-4-6-11(13)10-16-12(8-9-15)14(18-2)19-3/h4-9,14H,10,15H2,1-3H3. The van der Waals surface area contributed by atoms with E-state index in [0.717, 1.165) is 11.3 Å². The minimum absolute atomic E-state index is 0.465. The Labute approximate surface area is 113 Å². The Hall–Kier alpha value is -1.85. The first-order chi connectivity index (χ1) is 9.26. The van der Waals surface area contributed by atoms with Gasteiger partial charge in [-0.05, 0) is 18.3 Å². The fraction of sp³-hybridized carbons (Fsp3) is 0.357. The Morgan fingerprint density at radius 3 is 2.53 bits per heavy atom. The smallest absolute Gasteiger partial charge is 0.200 e. The van der Waals surface area contributed by atoms with Crippen LogP contribution in [0.5, 0.6) is 5.75 Å². The molecule has 0 bridgehead atoms. The number of nitrogens with zero attached hydrogens (tertiary/aromatic N) is 1. The minimum atomic E-state index is -0.533. The summed E-state index contributed by atoms with van der Waals surface area (Å²) in [4.78, 5) is 4.45. The van der Waals surface area contributed by atoms with Crippen molar-refractivity contribution < 1.29 is 14.2 Å². The van der Waals surface area contributed by atoms with Crippen LogP contribution in [0.1, 0.15) is 5.56 Å². The van der Waals surface area contributed by atoms with Crippen molar-refractivity contribution >= 4 is 5.71 Å². The van der Waals surface area contributed by atoms with Gasteiger partial charge in [0.1, 0.15) is 5.75 Å². The Morgan fingerprint density at radius 1 is 1.26 bits per heavy atom. The number of hydrogen-bond acceptors (Lipinski definition) is 5. The summed E-state index contributed by atoms with van der Waals surface area (Å²) in [6.45, 7) is 0.465. The van der Waals surface area contributed by atoms with Gasteiger partial charge in [0, 0.05) is 19.8 Å². The zero-order valence-corrected chi connectivity index (χ0v) is 11.5. The fourth-order valence-electron chi connectivity index (χ4n) is 1.65. The van der Waals surface area contributed by atoms with E-state index >= 15 is 0 Å². The molecule has 0 unspecified atom stereocenters. The lowest BCUT2D eigenvalue weighted by atomic mass is 10.2. The molecule has 5 nitrogen and oxygen atoms in total. The average Bonchev–Trinajstić information content (AvgIpc) is 2.46. The number of benzene rings is 1. The van der Waals surface area contributed by atoms with Gasteiger partial charge in [0.15, 0.2) is 6.29 Å². The Balaban J connectivity index is 2.91. The lowest BCUT2D eigenvalue weighted by Crippen LogP contribution is -2.23. The molecule has 1 aromatic rings. The van der Waals surface area contributed by atoms with Crippen LogP contribution in [0.15, 0.2) is 41.5 Å². The first kappa shape index (κ1) is 15.2. The van der Waals surface area contributed by atoms with Gasteiger partial charge >= 0.3 is 0 Å². The highest BCUT2D eigenvalue weighted by molar-refractivity contribution is 5.97. The van der Waals surface area contributed by atoms with Gasteiger partial charge in [-0.3, -0.25) is 4.99 Å². The molecule has 0 radical (unpaired) electrons. The van der Waals surface area contributed by atoms with Crippen molar-refractivity contribution in [3.63, 3.8) is 0 Å². The highest BCUT2D eigenvalue weighted by Gasteiger charge is 2.11. The predicted molar refractivity (Wildman–Crippen MR) is 75.3 cm³/mol. The number of methoxy groups -OCH3 is 3. The van der Waals surface area contributed by atoms with Gasteiger partial charge in [-0.1, -0.05) is 18.2 Å². The normalized spacial score (nSPS) is 12.3. The largest absolute Gasteiger partial charge is 0.496 e. The molecule has 19 heavy (non-hydrogen) atoms. The van der Waals surface area contributed by atoms with Gasteiger partial charge in [-0.15, -0.1) is 0 Å². The van der Waals surface area contributed by atoms with Gasteiger partial charge in [-0.25, -0.2) is 0 Å². The van der Waals surface area contributed by atoms with Crippen molar-refractivity contribution in [3.05, 3.63) is 42.1 Å². The maximum Gasteiger partial charge on any atom is 0.200 e. The molecule has 2 N–H and O–H groups in total. The maximum absolute atomic E-state index is 5.40. The van der Waals surface area contributed by atoms with E-state index in [1.165, 1.54) is 6.20 Å². The molecular weight excluding hydrogens is 244 g/mol. The van der Waals surface area contributed by atoms with Crippen LogP contribution in [0.4, 0.5) is 0 Å². The molecule has 0 aliphatic carbocycles. The second kappa shape index (κ2) is 8.29. The number of aliphatic imine (C=N–C) groups is 1. The Kier molecular flexibility index (Phi) is 6.63. The lowest BCUT2D eigenvalue weighted by molar-refractivity contribution is -0.0514. The molecule has 104 valence electrons. The van der Waals surface area contributed by atoms with Crippen molar-refractivity contribution in [2.75, 3.05) is 21.3 Å². The topological polar surface area (TPSA) is 66.1 Å². The van der Waals surface area contributed by atoms with Crippen molar-refractivity contribution in [1.29, 1.82) is 0 Å². The molecular formula is C14H20N2O3. The van der Waals surface area contributed by atoms with Crippen LogP contribution in [0.2, 0.25) is 0 Å². The van der Waals surface area contributed by atoms with Gasteiger partial charge < -0.3 is 19.9 Å². The van der Waals surface area contributed by atoms with Crippen LogP contribution < -0.4 is 10.5 Å². The zero-order valence-electron chi connectivity index (χ0n) is 11.5. The minimum Gasteiger partial charge on any atom is -0.496 e. The van der Waals surface area contributed by atoms with Gasteiger partial charge in [0.25, 0.3) is 0 Å². The van der Waals surface area contributed by atoms with E-state index in [1.54, 1.807) is 27.4 Å². The van der Waals surface area contributed by atoms with Gasteiger partial charge in [-0.2, -0.15) is 0 Å². The first-order valence-electron chi connectivity index (χ1n) is 5.87. The van der Waals surface area contributed by atoms with Crippen LogP contribution in [0, 0.1) is 0 Å². The summed E-state index contributed by atoms with van der Waals surface area (Å²) in [6.07, 6.45) is 2.54. The molecule has 0 saturated heterocycles. The second-order valence-corrected chi connectivity index (χ2v) is 3.72. The maximum atomic E-state index is 5.40. The molecule has 0 spiro atoms. The molecule has 0 aliphatic heterocycles. The van der Waals surface area contributed by atoms with E-state index in [4.69, 9.17) is 19.9 Å². The molecule has 1 aromatic carbocycles. The number of rotatable bonds is 7. The van der Waals surface area contributed by atoms with E-state index in [-0.39, 0.29) is 0 Å². The van der Waals surface area contributed by atoms with E-state index in [1.807, 2.05) is 24.3 Å². The fourth-order valence-corrected chi connectivity index (χ4v) is 1.65. The van der Waals surface area contributed by atoms with Crippen LogP contribution in [-0.2, 0) is 16.0 Å². The Bertz CT molecular complexity index is 440. The highest BCUT2D eigenvalue weighted by Crippen LogP contribution is 2.18. The van der Waals surface area contributed by atoms with Crippen molar-refractivity contribution in [2.24, 2.45) is 10.7 Å². The van der Waals surface area contributed by atoms with E-state index < -0.39 is 6.29 Å². The third-order valence-electron chi connectivity index (χ3n) is 2.56. The molecule has 0 heterocycles. The molecule has 0 amide bonds. The summed E-state index contributed by atoms with van der Waals surface area (Å²) in [6, 6.07) is 7.71. The SMILES string of the molecule is COc1ccccc1CN=C(C=CN)C(OC)OC. The van der Waals surface area contributed by atoms with Crippen LogP contribution in [0.25, 0.3) is 0 Å². The zero-order chi connectivity index (χ0) is 14.1. The van der Waals surface area contributed by atoms with Crippen LogP contribution in [-0.4, -0.2) is 33.3 Å². The monoisotopic (exact) mass is 264 g/mol. The summed E-state index contributed by atoms with van der Waals surface area (Å²) in [5.74, 6) is 0.800. The van der Waals surface area contributed by atoms with E-state index in [0.29, 0.717) is 12.3 Å². The summed E-state index contributed by atoms with van der Waals surface area (Å²) >= 11 is 0. The van der Waals surface area contributed by atoms with Crippen molar-refractivity contribution in [3.8, 4) is 5.75 Å². The number of para-hydroxylation sites is 1. The number of ether oxygens (including phenoxy) is 3. The highest BCUT2D eigenvalue weighted by atomic mass is 16.7. The summed E-state index contributed by atoms with van der Waals surface area (Å²) < 4.78 is 15.6.